The fourth-order valence-corrected chi connectivity index (χ4v) is 2.15. The smallest absolute Gasteiger partial charge is 0.404 e. The predicted molar refractivity (Wildman–Crippen MR) is 56.7 cm³/mol. The van der Waals surface area contributed by atoms with Crippen LogP contribution in [0.25, 0.3) is 0 Å². The van der Waals surface area contributed by atoms with Crippen molar-refractivity contribution in [3.05, 3.63) is 12.7 Å². The highest BCUT2D eigenvalue weighted by Crippen LogP contribution is 2.36. The zero-order valence-electron chi connectivity index (χ0n) is 8.79. The van der Waals surface area contributed by atoms with Crippen LogP contribution >= 0.6 is 0 Å². The van der Waals surface area contributed by atoms with Crippen LogP contribution in [0.2, 0.25) is 0 Å². The van der Waals surface area contributed by atoms with Gasteiger partial charge in [-0.1, -0.05) is 12.5 Å². The van der Waals surface area contributed by atoms with E-state index in [-0.39, 0.29) is 12.3 Å². The van der Waals surface area contributed by atoms with Crippen LogP contribution in [0, 0.1) is 5.41 Å². The number of carbonyl (C=O) groups is 2. The Balaban J connectivity index is 2.70. The summed E-state index contributed by atoms with van der Waals surface area (Å²) in [6, 6.07) is 0. The summed E-state index contributed by atoms with van der Waals surface area (Å²) in [7, 11) is 0. The molecule has 0 bridgehead atoms. The third-order valence-electron chi connectivity index (χ3n) is 3.01. The van der Waals surface area contributed by atoms with Crippen LogP contribution in [0.3, 0.4) is 0 Å². The topological polar surface area (TPSA) is 66.4 Å². The Kier molecular flexibility index (Phi) is 3.88. The molecule has 1 rings (SSSR count). The number of allylic oxidation sites excluding steroid dienone is 1. The van der Waals surface area contributed by atoms with Gasteiger partial charge in [0.2, 0.25) is 0 Å². The standard InChI is InChI=1S/C11H17NO3/c1-2-6-11(8-12-10(14)15)7-4-3-5-9(11)13/h2,12H,1,3-8H2,(H,14,15). The van der Waals surface area contributed by atoms with Gasteiger partial charge in [0, 0.05) is 18.4 Å². The Morgan fingerprint density at radius 2 is 2.33 bits per heavy atom. The van der Waals surface area contributed by atoms with Gasteiger partial charge >= 0.3 is 6.09 Å². The number of nitrogens with one attached hydrogen (secondary N) is 1. The molecule has 1 saturated carbocycles. The van der Waals surface area contributed by atoms with E-state index in [4.69, 9.17) is 5.11 Å². The van der Waals surface area contributed by atoms with E-state index in [1.807, 2.05) is 0 Å². The molecule has 0 aromatic heterocycles. The molecule has 15 heavy (non-hydrogen) atoms. The lowest BCUT2D eigenvalue weighted by Crippen LogP contribution is -2.44. The second kappa shape index (κ2) is 4.96. The molecule has 0 saturated heterocycles. The maximum absolute atomic E-state index is 11.8. The van der Waals surface area contributed by atoms with E-state index in [0.717, 1.165) is 19.3 Å². The number of carboxylic acid groups (broad SMARTS) is 1. The van der Waals surface area contributed by atoms with E-state index in [9.17, 15) is 9.59 Å². The van der Waals surface area contributed by atoms with Crippen molar-refractivity contribution in [2.75, 3.05) is 6.54 Å². The SMILES string of the molecule is C=CCC1(CNC(=O)O)CCCCC1=O. The van der Waals surface area contributed by atoms with Crippen LogP contribution in [0.1, 0.15) is 32.1 Å². The van der Waals surface area contributed by atoms with E-state index in [0.29, 0.717) is 12.8 Å². The molecule has 2 N–H and O–H groups in total. The summed E-state index contributed by atoms with van der Waals surface area (Å²) in [5.74, 6) is 0.169. The van der Waals surface area contributed by atoms with Gasteiger partial charge < -0.3 is 10.4 Å². The van der Waals surface area contributed by atoms with Crippen molar-refractivity contribution in [1.82, 2.24) is 5.32 Å². The van der Waals surface area contributed by atoms with E-state index >= 15 is 0 Å². The van der Waals surface area contributed by atoms with Crippen molar-refractivity contribution >= 4 is 11.9 Å². The molecule has 84 valence electrons. The van der Waals surface area contributed by atoms with Crippen molar-refractivity contribution in [1.29, 1.82) is 0 Å². The van der Waals surface area contributed by atoms with Crippen LogP contribution in [-0.2, 0) is 4.79 Å². The Labute approximate surface area is 89.4 Å². The molecule has 1 fully saturated rings. The lowest BCUT2D eigenvalue weighted by atomic mass is 9.71. The summed E-state index contributed by atoms with van der Waals surface area (Å²) in [6.07, 6.45) is 4.43. The zero-order valence-corrected chi connectivity index (χ0v) is 8.79. The molecule has 4 nitrogen and oxygen atoms in total. The average molecular weight is 211 g/mol. The lowest BCUT2D eigenvalue weighted by Gasteiger charge is -2.34. The fraction of sp³-hybridized carbons (Fsp3) is 0.636. The molecule has 1 aliphatic rings. The Morgan fingerprint density at radius 1 is 1.60 bits per heavy atom. The normalized spacial score (nSPS) is 26.0. The summed E-state index contributed by atoms with van der Waals surface area (Å²) >= 11 is 0. The Hall–Kier alpha value is -1.32. The van der Waals surface area contributed by atoms with Crippen LogP contribution in [-0.4, -0.2) is 23.5 Å². The Morgan fingerprint density at radius 3 is 2.87 bits per heavy atom. The second-order valence-corrected chi connectivity index (χ2v) is 4.06. The van der Waals surface area contributed by atoms with Crippen LogP contribution in [0.15, 0.2) is 12.7 Å². The number of carbonyl (C=O) groups excluding carboxylic acids is 1. The first-order chi connectivity index (χ1) is 7.10. The molecule has 0 aliphatic heterocycles. The molecule has 0 radical (unpaired) electrons. The molecule has 0 heterocycles. The molecule has 0 aromatic rings. The van der Waals surface area contributed by atoms with Crippen molar-refractivity contribution in [3.63, 3.8) is 0 Å². The maximum atomic E-state index is 11.8. The first kappa shape index (κ1) is 11.8. The van der Waals surface area contributed by atoms with E-state index in [2.05, 4.69) is 11.9 Å². The van der Waals surface area contributed by atoms with Crippen molar-refractivity contribution < 1.29 is 14.7 Å². The monoisotopic (exact) mass is 211 g/mol. The second-order valence-electron chi connectivity index (χ2n) is 4.06. The van der Waals surface area contributed by atoms with Gasteiger partial charge in [0.15, 0.2) is 0 Å². The number of hydrogen-bond donors (Lipinski definition) is 2. The number of amides is 1. The summed E-state index contributed by atoms with van der Waals surface area (Å²) in [6.45, 7) is 3.85. The molecule has 1 atom stereocenters. The number of ketones is 1. The van der Waals surface area contributed by atoms with Gasteiger partial charge in [-0.15, -0.1) is 6.58 Å². The highest BCUT2D eigenvalue weighted by Gasteiger charge is 2.38. The molecule has 1 aliphatic carbocycles. The van der Waals surface area contributed by atoms with Gasteiger partial charge in [-0.2, -0.15) is 0 Å². The first-order valence-corrected chi connectivity index (χ1v) is 5.22. The predicted octanol–water partition coefficient (Wildman–Crippen LogP) is 1.96. The van der Waals surface area contributed by atoms with E-state index < -0.39 is 11.5 Å². The third-order valence-corrected chi connectivity index (χ3v) is 3.01. The van der Waals surface area contributed by atoms with Crippen molar-refractivity contribution in [2.45, 2.75) is 32.1 Å². The van der Waals surface area contributed by atoms with Crippen molar-refractivity contribution in [3.8, 4) is 0 Å². The van der Waals surface area contributed by atoms with E-state index in [1.165, 1.54) is 0 Å². The van der Waals surface area contributed by atoms with Gasteiger partial charge in [-0.25, -0.2) is 4.79 Å². The number of hydrogen-bond acceptors (Lipinski definition) is 2. The zero-order chi connectivity index (χ0) is 11.3. The molecular weight excluding hydrogens is 194 g/mol. The number of Topliss-reactive ketones (excluding diaryl/α,β-unsaturated/α-hetero) is 1. The highest BCUT2D eigenvalue weighted by molar-refractivity contribution is 5.86. The minimum absolute atomic E-state index is 0.169. The van der Waals surface area contributed by atoms with Gasteiger partial charge in [0.05, 0.1) is 0 Å². The quantitative estimate of drug-likeness (QED) is 0.698. The maximum Gasteiger partial charge on any atom is 0.404 e. The average Bonchev–Trinajstić information content (AvgIpc) is 2.20. The molecule has 0 aromatic carbocycles. The van der Waals surface area contributed by atoms with Crippen LogP contribution in [0.5, 0.6) is 0 Å². The minimum Gasteiger partial charge on any atom is -0.465 e. The highest BCUT2D eigenvalue weighted by atomic mass is 16.4. The van der Waals surface area contributed by atoms with Crippen molar-refractivity contribution in [2.24, 2.45) is 5.41 Å². The Bertz CT molecular complexity index is 275. The van der Waals surface area contributed by atoms with Gasteiger partial charge in [-0.05, 0) is 19.3 Å². The molecule has 4 heteroatoms. The molecule has 1 unspecified atom stereocenters. The summed E-state index contributed by atoms with van der Waals surface area (Å²) < 4.78 is 0. The van der Waals surface area contributed by atoms with Gasteiger partial charge in [0.1, 0.15) is 5.78 Å². The molecule has 0 spiro atoms. The summed E-state index contributed by atoms with van der Waals surface area (Å²) in [4.78, 5) is 22.3. The first-order valence-electron chi connectivity index (χ1n) is 5.22. The summed E-state index contributed by atoms with van der Waals surface area (Å²) in [5.41, 5.74) is -0.529. The minimum atomic E-state index is -1.07. The van der Waals surface area contributed by atoms with Crippen LogP contribution < -0.4 is 5.32 Å². The molecular formula is C11H17NO3. The number of rotatable bonds is 4. The van der Waals surface area contributed by atoms with Gasteiger partial charge in [0.25, 0.3) is 0 Å². The largest absolute Gasteiger partial charge is 0.465 e. The van der Waals surface area contributed by atoms with E-state index in [1.54, 1.807) is 6.08 Å². The van der Waals surface area contributed by atoms with Gasteiger partial charge in [-0.3, -0.25) is 4.79 Å². The third kappa shape index (κ3) is 2.81. The molecule has 1 amide bonds. The fourth-order valence-electron chi connectivity index (χ4n) is 2.15. The lowest BCUT2D eigenvalue weighted by molar-refractivity contribution is -0.130. The van der Waals surface area contributed by atoms with Crippen LogP contribution in [0.4, 0.5) is 4.79 Å². The summed E-state index contributed by atoms with van der Waals surface area (Å²) in [5, 5.41) is 10.9.